The number of nitrogens with one attached hydrogen (secondary N) is 1. The van der Waals surface area contributed by atoms with Crippen LogP contribution in [0.2, 0.25) is 10.0 Å². The second-order valence-corrected chi connectivity index (χ2v) is 6.59. The summed E-state index contributed by atoms with van der Waals surface area (Å²) in [6.07, 6.45) is 3.17. The number of hydrogen-bond donors (Lipinski definition) is 1. The van der Waals surface area contributed by atoms with Crippen LogP contribution in [0, 0.1) is 0 Å². The van der Waals surface area contributed by atoms with Gasteiger partial charge in [0.2, 0.25) is 5.95 Å². The molecular formula is C14H11BrCl2N6O. The number of aryl methyl sites for hydroxylation is 1. The lowest BCUT2D eigenvalue weighted by Crippen LogP contribution is -2.15. The van der Waals surface area contributed by atoms with Gasteiger partial charge in [0.15, 0.2) is 5.69 Å². The molecule has 1 aromatic carbocycles. The molecule has 3 aromatic rings. The summed E-state index contributed by atoms with van der Waals surface area (Å²) in [6, 6.07) is 5.27. The van der Waals surface area contributed by atoms with Crippen molar-refractivity contribution in [1.82, 2.24) is 24.5 Å². The van der Waals surface area contributed by atoms with Crippen LogP contribution in [-0.2, 0) is 13.6 Å². The van der Waals surface area contributed by atoms with E-state index < -0.39 is 5.91 Å². The first-order valence-corrected chi connectivity index (χ1v) is 8.32. The number of carbonyl (C=O) groups is 1. The molecule has 0 spiro atoms. The molecule has 0 aliphatic heterocycles. The van der Waals surface area contributed by atoms with Crippen LogP contribution in [0.5, 0.6) is 0 Å². The Morgan fingerprint density at radius 3 is 2.62 bits per heavy atom. The Bertz CT molecular complexity index is 886. The zero-order chi connectivity index (χ0) is 17.3. The molecule has 0 fully saturated rings. The molecule has 1 N–H and O–H groups in total. The zero-order valence-electron chi connectivity index (χ0n) is 12.4. The number of amides is 1. The highest BCUT2D eigenvalue weighted by atomic mass is 79.9. The standard InChI is InChI=1S/C14H11BrCl2N6O/c1-22-6-9(15)12(20-22)13(24)19-14-18-7-23(21-14)5-8-10(16)3-2-4-11(8)17/h2-4,6-7H,5H2,1H3,(H,19,21,24). The van der Waals surface area contributed by atoms with Gasteiger partial charge in [-0.1, -0.05) is 29.3 Å². The molecule has 10 heteroatoms. The van der Waals surface area contributed by atoms with Crippen molar-refractivity contribution in [2.75, 3.05) is 5.32 Å². The summed E-state index contributed by atoms with van der Waals surface area (Å²) in [4.78, 5) is 16.2. The normalized spacial score (nSPS) is 10.8. The maximum Gasteiger partial charge on any atom is 0.279 e. The van der Waals surface area contributed by atoms with Gasteiger partial charge >= 0.3 is 0 Å². The Hall–Kier alpha value is -1.90. The SMILES string of the molecule is Cn1cc(Br)c(C(=O)Nc2ncn(Cc3c(Cl)cccc3Cl)n2)n1. The molecule has 2 heterocycles. The zero-order valence-corrected chi connectivity index (χ0v) is 15.5. The van der Waals surface area contributed by atoms with Crippen LogP contribution < -0.4 is 5.32 Å². The van der Waals surface area contributed by atoms with Crippen LogP contribution in [0.4, 0.5) is 5.95 Å². The Morgan fingerprint density at radius 2 is 2.00 bits per heavy atom. The lowest BCUT2D eigenvalue weighted by atomic mass is 10.2. The van der Waals surface area contributed by atoms with Gasteiger partial charge in [-0.3, -0.25) is 14.8 Å². The first-order valence-electron chi connectivity index (χ1n) is 6.77. The second kappa shape index (κ2) is 6.92. The number of nitrogens with zero attached hydrogens (tertiary/aromatic N) is 5. The highest BCUT2D eigenvalue weighted by Gasteiger charge is 2.16. The van der Waals surface area contributed by atoms with E-state index in [2.05, 4.69) is 36.4 Å². The van der Waals surface area contributed by atoms with E-state index in [9.17, 15) is 4.79 Å². The summed E-state index contributed by atoms with van der Waals surface area (Å²) in [7, 11) is 1.72. The van der Waals surface area contributed by atoms with Gasteiger partial charge in [-0.25, -0.2) is 9.67 Å². The van der Waals surface area contributed by atoms with Crippen molar-refractivity contribution < 1.29 is 4.79 Å². The minimum Gasteiger partial charge on any atom is -0.288 e. The molecule has 124 valence electrons. The molecule has 3 rings (SSSR count). The topological polar surface area (TPSA) is 77.6 Å². The maximum absolute atomic E-state index is 12.2. The molecule has 0 saturated carbocycles. The molecule has 24 heavy (non-hydrogen) atoms. The van der Waals surface area contributed by atoms with Gasteiger partial charge in [0.1, 0.15) is 6.33 Å². The number of halogens is 3. The smallest absolute Gasteiger partial charge is 0.279 e. The molecule has 2 aromatic heterocycles. The number of benzene rings is 1. The molecule has 1 amide bonds. The van der Waals surface area contributed by atoms with Crippen LogP contribution in [-0.4, -0.2) is 30.5 Å². The first kappa shape index (κ1) is 16.9. The van der Waals surface area contributed by atoms with E-state index in [0.717, 1.165) is 5.56 Å². The molecule has 0 aliphatic carbocycles. The number of hydrogen-bond acceptors (Lipinski definition) is 4. The van der Waals surface area contributed by atoms with Crippen LogP contribution in [0.1, 0.15) is 16.1 Å². The third-order valence-electron chi connectivity index (χ3n) is 3.14. The van der Waals surface area contributed by atoms with Gasteiger partial charge in [0.25, 0.3) is 5.91 Å². The highest BCUT2D eigenvalue weighted by molar-refractivity contribution is 9.10. The fourth-order valence-electron chi connectivity index (χ4n) is 2.05. The van der Waals surface area contributed by atoms with Crippen molar-refractivity contribution >= 4 is 51.0 Å². The molecule has 0 atom stereocenters. The van der Waals surface area contributed by atoms with Gasteiger partial charge < -0.3 is 0 Å². The average molecular weight is 430 g/mol. The maximum atomic E-state index is 12.2. The van der Waals surface area contributed by atoms with Gasteiger partial charge in [0.05, 0.1) is 11.0 Å². The van der Waals surface area contributed by atoms with Crippen LogP contribution in [0.15, 0.2) is 35.2 Å². The molecule has 0 saturated heterocycles. The van der Waals surface area contributed by atoms with Gasteiger partial charge in [-0.15, -0.1) is 5.10 Å². The number of aromatic nitrogens is 5. The molecule has 7 nitrogen and oxygen atoms in total. The first-order chi connectivity index (χ1) is 11.4. The largest absolute Gasteiger partial charge is 0.288 e. The molecule has 0 bridgehead atoms. The third-order valence-corrected chi connectivity index (χ3v) is 4.43. The predicted molar refractivity (Wildman–Crippen MR) is 94.4 cm³/mol. The quantitative estimate of drug-likeness (QED) is 0.689. The number of rotatable bonds is 4. The van der Waals surface area contributed by atoms with Crippen LogP contribution >= 0.6 is 39.1 Å². The summed E-state index contributed by atoms with van der Waals surface area (Å²) in [5, 5.41) is 11.9. The van der Waals surface area contributed by atoms with Crippen LogP contribution in [0.25, 0.3) is 0 Å². The summed E-state index contributed by atoms with van der Waals surface area (Å²) in [5.74, 6) is -0.239. The van der Waals surface area contributed by atoms with Crippen molar-refractivity contribution in [2.45, 2.75) is 6.54 Å². The Morgan fingerprint density at radius 1 is 1.29 bits per heavy atom. The van der Waals surface area contributed by atoms with Crippen molar-refractivity contribution in [3.05, 3.63) is 56.5 Å². The molecule has 0 unspecified atom stereocenters. The van der Waals surface area contributed by atoms with E-state index in [-0.39, 0.29) is 11.6 Å². The summed E-state index contributed by atoms with van der Waals surface area (Å²) in [5.41, 5.74) is 0.985. The Labute approximate surface area is 155 Å². The van der Waals surface area contributed by atoms with Crippen molar-refractivity contribution in [3.63, 3.8) is 0 Å². The van der Waals surface area contributed by atoms with Crippen molar-refractivity contribution in [2.24, 2.45) is 7.05 Å². The number of anilines is 1. The molecule has 0 radical (unpaired) electrons. The predicted octanol–water partition coefficient (Wildman–Crippen LogP) is 3.38. The fraction of sp³-hybridized carbons (Fsp3) is 0.143. The van der Waals surface area contributed by atoms with E-state index in [1.54, 1.807) is 31.4 Å². The second-order valence-electron chi connectivity index (χ2n) is 4.92. The van der Waals surface area contributed by atoms with Crippen LogP contribution in [0.3, 0.4) is 0 Å². The Kier molecular flexibility index (Phi) is 4.88. The van der Waals surface area contributed by atoms with E-state index in [0.29, 0.717) is 21.1 Å². The van der Waals surface area contributed by atoms with Gasteiger partial charge in [-0.2, -0.15) is 5.10 Å². The minimum atomic E-state index is -0.406. The van der Waals surface area contributed by atoms with E-state index in [4.69, 9.17) is 23.2 Å². The fourth-order valence-corrected chi connectivity index (χ4v) is 3.12. The van der Waals surface area contributed by atoms with Gasteiger partial charge in [0, 0.05) is 28.9 Å². The third kappa shape index (κ3) is 3.61. The van der Waals surface area contributed by atoms with E-state index >= 15 is 0 Å². The molecule has 0 aliphatic rings. The van der Waals surface area contributed by atoms with Gasteiger partial charge in [-0.05, 0) is 28.1 Å². The lowest BCUT2D eigenvalue weighted by molar-refractivity contribution is 0.102. The Balaban J connectivity index is 1.74. The van der Waals surface area contributed by atoms with E-state index in [1.807, 2.05) is 0 Å². The monoisotopic (exact) mass is 428 g/mol. The summed E-state index contributed by atoms with van der Waals surface area (Å²) in [6.45, 7) is 0.342. The highest BCUT2D eigenvalue weighted by Crippen LogP contribution is 2.25. The van der Waals surface area contributed by atoms with E-state index in [1.165, 1.54) is 15.7 Å². The average Bonchev–Trinajstić information content (AvgIpc) is 3.09. The minimum absolute atomic E-state index is 0.167. The van der Waals surface area contributed by atoms with Crippen molar-refractivity contribution in [1.29, 1.82) is 0 Å². The number of carbonyl (C=O) groups excluding carboxylic acids is 1. The van der Waals surface area contributed by atoms with Crippen molar-refractivity contribution in [3.8, 4) is 0 Å². The summed E-state index contributed by atoms with van der Waals surface area (Å²) >= 11 is 15.6. The molecular weight excluding hydrogens is 419 g/mol. The lowest BCUT2D eigenvalue weighted by Gasteiger charge is -2.06. The summed E-state index contributed by atoms with van der Waals surface area (Å²) < 4.78 is 3.66.